The van der Waals surface area contributed by atoms with Gasteiger partial charge in [0.05, 0.1) is 0 Å². The third-order valence-electron chi connectivity index (χ3n) is 0. The third-order valence-corrected chi connectivity index (χ3v) is 0. The van der Waals surface area contributed by atoms with Crippen molar-refractivity contribution in [2.75, 3.05) is 4.93 Å². The molecule has 0 N–H and O–H groups in total. The van der Waals surface area contributed by atoms with Gasteiger partial charge in [-0.05, 0) is 8.02 Å². The van der Waals surface area contributed by atoms with Gasteiger partial charge in [-0.2, -0.15) is 0 Å². The maximum atomic E-state index is 6.32. The maximum absolute atomic E-state index is 6.32. The van der Waals surface area contributed by atoms with Gasteiger partial charge in [-0.25, -0.2) is 0 Å². The molecule has 4 heteroatoms. The van der Waals surface area contributed by atoms with E-state index in [2.05, 4.69) is 19.8 Å². The van der Waals surface area contributed by atoms with Crippen LogP contribution in [0.4, 0.5) is 0 Å². The SMILES string of the molecule is P=S.[3H][3H].[3H][3H].[3H][3H].[3H][3H].[3H][3H].[3H][3H].[3H][3H].[3H][3H].[3H][3H].[3H][3H].[3H][I-]C.[F-]. The molecule has 0 saturated heterocycles. The molecule has 0 aliphatic rings. The Kier molecular flexibility index (Phi) is 10.7. The van der Waals surface area contributed by atoms with E-state index < -0.39 is 0 Å². The second-order valence-electron chi connectivity index (χ2n) is 0. The largest absolute Gasteiger partial charge is 1.00 e. The number of hydrogen-bond acceptors (Lipinski definition) is 1. The molecule has 0 radical (unpaired) electrons. The van der Waals surface area contributed by atoms with E-state index >= 15 is 0 Å². The van der Waals surface area contributed by atoms with Crippen molar-refractivity contribution in [1.29, 1.82) is 0.594 Å². The van der Waals surface area contributed by atoms with Gasteiger partial charge >= 0.3 is 27.9 Å². The summed E-state index contributed by atoms with van der Waals surface area (Å²) in [5.41, 5.74) is 0. The van der Waals surface area contributed by atoms with Gasteiger partial charge in [-0.15, -0.1) is 0 Å². The first-order valence-electron chi connectivity index (χ1n) is 11.0. The summed E-state index contributed by atoms with van der Waals surface area (Å²) in [6, 6.07) is 0. The van der Waals surface area contributed by atoms with E-state index in [1.165, 1.54) is 0 Å². The van der Waals surface area contributed by atoms with Crippen LogP contribution in [0.3, 0.4) is 0 Å². The number of alkyl halides is 1. The van der Waals surface area contributed by atoms with Crippen molar-refractivity contribution in [3.63, 3.8) is 0 Å². The molecule has 0 saturated carbocycles. The van der Waals surface area contributed by atoms with E-state index in [-0.39, 0.29) is 27.1 Å². The summed E-state index contributed by atoms with van der Waals surface area (Å²) in [6.45, 7) is 0. The average molecular weight is 288 g/mol. The molecule has 56 valence electrons. The monoisotopic (exact) mass is 288 g/mol. The van der Waals surface area contributed by atoms with E-state index in [4.69, 9.17) is 30.3 Å². The Morgan fingerprint density at radius 2 is 2.40 bits per heavy atom. The molecule has 0 bridgehead atoms. The Morgan fingerprint density at radius 3 is 2.40 bits per heavy atom. The molecule has 0 atom stereocenters. The Balaban J connectivity index is -0.00000000644. The Bertz CT molecular complexity index is 34.0. The van der Waals surface area contributed by atoms with E-state index in [1.54, 1.807) is 0 Å². The predicted molar refractivity (Wildman–Crippen MR) is 44.1 cm³/mol. The van der Waals surface area contributed by atoms with Crippen molar-refractivity contribution in [2.24, 2.45) is 0 Å². The first kappa shape index (κ1) is 0.825. The van der Waals surface area contributed by atoms with Gasteiger partial charge in [0, 0.05) is 29.7 Å². The van der Waals surface area contributed by atoms with Crippen molar-refractivity contribution >= 4 is 19.8 Å². The molecule has 0 amide bonds. The fraction of sp³-hybridized carbons (Fsp3) is 1.00. The Hall–Kier alpha value is 1.18. The smallest absolute Gasteiger partial charge is 1.00 e. The summed E-state index contributed by atoms with van der Waals surface area (Å²) in [4.78, 5) is 1.90. The molecule has 0 aliphatic heterocycles. The van der Waals surface area contributed by atoms with Crippen LogP contribution < -0.4 is 27.1 Å². The molecule has 0 aliphatic carbocycles. The van der Waals surface area contributed by atoms with Crippen LogP contribution >= 0.6 is 8.02 Å². The zero-order chi connectivity index (χ0) is 24.7. The van der Waals surface area contributed by atoms with E-state index in [1.807, 2.05) is 4.93 Å². The Morgan fingerprint density at radius 1 is 2.40 bits per heavy atom. The van der Waals surface area contributed by atoms with Crippen LogP contribution in [0.15, 0.2) is 0 Å². The van der Waals surface area contributed by atoms with E-state index in [0.717, 1.165) is 0 Å². The molecule has 0 heterocycles. The predicted octanol–water partition coefficient (Wildman–Crippen LogP) is -3.04. The summed E-state index contributed by atoms with van der Waals surface area (Å²) in [5.74, 6) is 0. The number of hydrogen-bond donors (Lipinski definition) is 0. The van der Waals surface area contributed by atoms with Gasteiger partial charge in [0.15, 0.2) is 0 Å². The third kappa shape index (κ3) is 37.6. The van der Waals surface area contributed by atoms with E-state index in [0.29, 0.717) is 0 Å². The fourth-order valence-corrected chi connectivity index (χ4v) is 0. The van der Waals surface area contributed by atoms with E-state index in [9.17, 15) is 0 Å². The van der Waals surface area contributed by atoms with Crippen LogP contribution in [0.2, 0.25) is 0 Å². The van der Waals surface area contributed by atoms with Crippen LogP contribution in [0.1, 0.15) is 29.7 Å². The summed E-state index contributed by atoms with van der Waals surface area (Å²) < 4.78 is 106. The molecule has 0 spiro atoms. The van der Waals surface area contributed by atoms with Crippen molar-refractivity contribution < 1.29 is 56.8 Å². The van der Waals surface area contributed by atoms with Crippen molar-refractivity contribution in [2.45, 2.75) is 0 Å². The average Bonchev–Trinajstić information content (AvgIpc) is 2.83. The first-order chi connectivity index (χ1) is 12.4. The van der Waals surface area contributed by atoms with Crippen LogP contribution in [-0.4, -0.2) is 5.52 Å². The van der Waals surface area contributed by atoms with Crippen LogP contribution in [0, 0.1) is 0 Å². The standard InChI is InChI=1S/CH4I.FH.HPS.10H2/c1-2;;1-2;;;;;;;;;;/h2H,1H3;1H;1H;10*1H/q-1;;;;;;;;;;;;/p-1/i2T;;;10*1+2T. The fourth-order valence-electron chi connectivity index (χ4n) is 0. The minimum absolute atomic E-state index is 0. The van der Waals surface area contributed by atoms with Gasteiger partial charge in [0.2, 0.25) is 0 Å². The number of rotatable bonds is 0. The summed E-state index contributed by atoms with van der Waals surface area (Å²) in [7, 11) is 2.56. The van der Waals surface area contributed by atoms with Crippen molar-refractivity contribution in [1.82, 2.24) is 0 Å². The van der Waals surface area contributed by atoms with Crippen molar-refractivity contribution in [3.05, 3.63) is 0 Å². The van der Waals surface area contributed by atoms with Gasteiger partial charge < -0.3 is 4.70 Å². The normalized spacial score (nSPS) is 21.4. The topological polar surface area (TPSA) is 0 Å². The Labute approximate surface area is 83.4 Å². The molecule has 0 aromatic rings. The van der Waals surface area contributed by atoms with Crippen LogP contribution in [-0.2, 0) is 11.8 Å². The van der Waals surface area contributed by atoms with Gasteiger partial charge in [-0.3, -0.25) is 0 Å². The molecular weight excluding hydrogens is 221 g/mol. The maximum Gasteiger partial charge on any atom is -1.00 e. The molecule has 0 aromatic heterocycles. The quantitative estimate of drug-likeness (QED) is 0.259. The molecule has 0 aromatic carbocycles. The minimum Gasteiger partial charge on any atom is -1.00 e. The van der Waals surface area contributed by atoms with Gasteiger partial charge in [0.1, 0.15) is 0 Å². The number of halogens is 2. The van der Waals surface area contributed by atoms with Gasteiger partial charge in [-0.1, -0.05) is 11.8 Å². The molecule has 5 heavy (non-hydrogen) atoms. The second-order valence-corrected chi connectivity index (χ2v) is 0. The molecule has 0 nitrogen and oxygen atoms in total. The molecule has 0 fully saturated rings. The summed E-state index contributed by atoms with van der Waals surface area (Å²) in [5, 5.41) is 0. The summed E-state index contributed by atoms with van der Waals surface area (Å²) >= 11 is 3.73. The molecular formula is CH25FIPS-2. The zero-order valence-electron chi connectivity index (χ0n) is 23.7. The van der Waals surface area contributed by atoms with Crippen LogP contribution in [0.25, 0.3) is 0 Å². The van der Waals surface area contributed by atoms with Crippen LogP contribution in [0.5, 0.6) is 0 Å². The summed E-state index contributed by atoms with van der Waals surface area (Å²) in [6.07, 6.45) is 0. The molecule has 0 rings (SSSR count). The van der Waals surface area contributed by atoms with Gasteiger partial charge in [0.25, 0.3) is 0 Å². The molecule has 0 unspecified atom stereocenters. The minimum atomic E-state index is -0.160. The zero-order valence-corrected chi connectivity index (χ0v) is 6.64. The second kappa shape index (κ2) is 65.0. The van der Waals surface area contributed by atoms with Crippen molar-refractivity contribution in [3.8, 4) is 0 Å². The first-order valence-corrected chi connectivity index (χ1v) is 4.37.